The number of rotatable bonds is 2. The van der Waals surface area contributed by atoms with Crippen LogP contribution in [0.5, 0.6) is 0 Å². The zero-order chi connectivity index (χ0) is 25.5. The number of aromatic nitrogens is 1. The fourth-order valence-electron chi connectivity index (χ4n) is 8.95. The summed E-state index contributed by atoms with van der Waals surface area (Å²) in [6.45, 7) is 17.5. The predicted molar refractivity (Wildman–Crippen MR) is 142 cm³/mol. The lowest BCUT2D eigenvalue weighted by Gasteiger charge is -2.61. The van der Waals surface area contributed by atoms with Gasteiger partial charge in [-0.25, -0.2) is 0 Å². The van der Waals surface area contributed by atoms with Gasteiger partial charge in [0.1, 0.15) is 5.60 Å². The van der Waals surface area contributed by atoms with Gasteiger partial charge >= 0.3 is 0 Å². The third kappa shape index (κ3) is 2.51. The molecule has 5 aliphatic rings. The van der Waals surface area contributed by atoms with E-state index in [4.69, 9.17) is 9.47 Å². The SMILES string of the molecule is C=CC(C)(C)c1ccc2[nH]c3c(c2c1)CC1CCC2C4=CC(=O)C5OC4(CCC2(C)C31C)OC5(C)C. The van der Waals surface area contributed by atoms with Gasteiger partial charge in [-0.15, -0.1) is 6.58 Å². The van der Waals surface area contributed by atoms with Crippen molar-refractivity contribution < 1.29 is 14.3 Å². The maximum atomic E-state index is 13.2. The summed E-state index contributed by atoms with van der Waals surface area (Å²) in [6.07, 6.45) is 8.70. The van der Waals surface area contributed by atoms with E-state index in [9.17, 15) is 4.79 Å². The van der Waals surface area contributed by atoms with Crippen molar-refractivity contribution in [2.24, 2.45) is 17.3 Å². The number of carbonyl (C=O) groups is 1. The molecular formula is C32H39NO3. The highest BCUT2D eigenvalue weighted by Gasteiger charge is 2.69. The molecule has 1 spiro atoms. The maximum absolute atomic E-state index is 13.2. The van der Waals surface area contributed by atoms with Crippen molar-refractivity contribution in [3.63, 3.8) is 0 Å². The minimum Gasteiger partial charge on any atom is -0.358 e. The molecule has 36 heavy (non-hydrogen) atoms. The maximum Gasteiger partial charge on any atom is 0.193 e. The Labute approximate surface area is 214 Å². The fourth-order valence-corrected chi connectivity index (χ4v) is 8.95. The van der Waals surface area contributed by atoms with E-state index in [1.165, 1.54) is 27.7 Å². The normalized spacial score (nSPS) is 40.3. The molecule has 0 amide bonds. The van der Waals surface area contributed by atoms with Crippen molar-refractivity contribution in [1.82, 2.24) is 4.98 Å². The lowest BCUT2D eigenvalue weighted by Crippen LogP contribution is -2.60. The number of carbonyl (C=O) groups excluding carboxylic acids is 1. The Hall–Kier alpha value is -2.17. The third-order valence-corrected chi connectivity index (χ3v) is 11.4. The molecule has 3 fully saturated rings. The summed E-state index contributed by atoms with van der Waals surface area (Å²) in [4.78, 5) is 17.1. The van der Waals surface area contributed by atoms with Crippen molar-refractivity contribution in [2.45, 2.75) is 102 Å². The first-order valence-corrected chi connectivity index (χ1v) is 13.8. The second kappa shape index (κ2) is 6.63. The number of allylic oxidation sites excluding steroid dienone is 1. The third-order valence-electron chi connectivity index (χ3n) is 11.4. The first-order valence-electron chi connectivity index (χ1n) is 13.8. The molecule has 2 aliphatic heterocycles. The van der Waals surface area contributed by atoms with Crippen LogP contribution in [0.2, 0.25) is 0 Å². The Kier molecular flexibility index (Phi) is 4.23. The van der Waals surface area contributed by atoms with Crippen LogP contribution in [0.1, 0.15) is 84.0 Å². The van der Waals surface area contributed by atoms with Gasteiger partial charge in [0.25, 0.3) is 0 Å². The summed E-state index contributed by atoms with van der Waals surface area (Å²) in [5.41, 5.74) is 5.98. The Morgan fingerprint density at radius 3 is 2.67 bits per heavy atom. The van der Waals surface area contributed by atoms with Crippen LogP contribution in [-0.2, 0) is 31.5 Å². The zero-order valence-corrected chi connectivity index (χ0v) is 22.6. The van der Waals surface area contributed by atoms with Gasteiger partial charge in [0.15, 0.2) is 17.7 Å². The second-order valence-corrected chi connectivity index (χ2v) is 13.8. The van der Waals surface area contributed by atoms with Crippen LogP contribution in [0.15, 0.2) is 42.5 Å². The van der Waals surface area contributed by atoms with Gasteiger partial charge in [-0.3, -0.25) is 4.79 Å². The number of hydrogen-bond acceptors (Lipinski definition) is 3. The summed E-state index contributed by atoms with van der Waals surface area (Å²) in [7, 11) is 0. The smallest absolute Gasteiger partial charge is 0.193 e. The number of fused-ring (bicyclic) bond motifs is 9. The lowest BCUT2D eigenvalue weighted by atomic mass is 9.44. The molecule has 1 aromatic carbocycles. The molecule has 3 heterocycles. The number of aromatic amines is 1. The van der Waals surface area contributed by atoms with Crippen LogP contribution in [0.4, 0.5) is 0 Å². The number of hydrogen-bond donors (Lipinski definition) is 1. The standard InChI is InChI=1S/C32H39NO3/c1-8-28(2,3)18-10-12-24-20(15-18)21-16-19-9-11-22-23-17-25(34)27-29(4,5)36-32(23,35-27)14-13-30(22,6)31(19,7)26(21)33-24/h8,10,12,15,17,19,22,27,33H,1,9,11,13-14,16H2,2-7H3. The van der Waals surface area contributed by atoms with Crippen LogP contribution in [0.3, 0.4) is 0 Å². The Bertz CT molecular complexity index is 1380. The number of nitrogens with one attached hydrogen (secondary N) is 1. The van der Waals surface area contributed by atoms with Gasteiger partial charge in [-0.2, -0.15) is 0 Å². The van der Waals surface area contributed by atoms with Gasteiger partial charge in [0.05, 0.1) is 0 Å². The summed E-state index contributed by atoms with van der Waals surface area (Å²) in [5, 5.41) is 1.37. The molecule has 190 valence electrons. The van der Waals surface area contributed by atoms with Gasteiger partial charge < -0.3 is 14.5 Å². The monoisotopic (exact) mass is 485 g/mol. The summed E-state index contributed by atoms with van der Waals surface area (Å²) in [5.74, 6) is 0.236. The number of benzene rings is 1. The van der Waals surface area contributed by atoms with Crippen molar-refractivity contribution in [1.29, 1.82) is 0 Å². The van der Waals surface area contributed by atoms with Crippen LogP contribution in [-0.4, -0.2) is 28.3 Å². The van der Waals surface area contributed by atoms with Crippen molar-refractivity contribution in [3.8, 4) is 0 Å². The molecular weight excluding hydrogens is 446 g/mol. The van der Waals surface area contributed by atoms with Crippen molar-refractivity contribution in [3.05, 3.63) is 59.3 Å². The molecule has 1 aromatic heterocycles. The van der Waals surface area contributed by atoms with E-state index >= 15 is 0 Å². The molecule has 7 rings (SSSR count). The van der Waals surface area contributed by atoms with Gasteiger partial charge in [0.2, 0.25) is 0 Å². The molecule has 6 atom stereocenters. The molecule has 1 N–H and O–H groups in total. The highest BCUT2D eigenvalue weighted by molar-refractivity contribution is 5.97. The van der Waals surface area contributed by atoms with Gasteiger partial charge in [-0.05, 0) is 91.7 Å². The van der Waals surface area contributed by atoms with Crippen LogP contribution < -0.4 is 0 Å². The first-order chi connectivity index (χ1) is 16.9. The Morgan fingerprint density at radius 2 is 1.92 bits per heavy atom. The molecule has 2 saturated carbocycles. The largest absolute Gasteiger partial charge is 0.358 e. The molecule has 0 radical (unpaired) electrons. The van der Waals surface area contributed by atoms with E-state index in [0.717, 1.165) is 37.7 Å². The molecule has 2 bridgehead atoms. The van der Waals surface area contributed by atoms with Crippen molar-refractivity contribution >= 4 is 16.7 Å². The summed E-state index contributed by atoms with van der Waals surface area (Å²) < 4.78 is 13.1. The topological polar surface area (TPSA) is 51.3 Å². The van der Waals surface area contributed by atoms with Gasteiger partial charge in [0, 0.05) is 33.8 Å². The quantitative estimate of drug-likeness (QED) is 0.483. The van der Waals surface area contributed by atoms with E-state index in [1.54, 1.807) is 0 Å². The van der Waals surface area contributed by atoms with Crippen molar-refractivity contribution in [2.75, 3.05) is 0 Å². The van der Waals surface area contributed by atoms with Crippen LogP contribution in [0.25, 0.3) is 10.9 Å². The highest BCUT2D eigenvalue weighted by Crippen LogP contribution is 2.70. The molecule has 1 saturated heterocycles. The van der Waals surface area contributed by atoms with E-state index in [2.05, 4.69) is 57.5 Å². The fraction of sp³-hybridized carbons (Fsp3) is 0.594. The number of H-pyrrole nitrogens is 1. The molecule has 4 heteroatoms. The molecule has 4 nitrogen and oxygen atoms in total. The van der Waals surface area contributed by atoms with E-state index < -0.39 is 17.5 Å². The molecule has 2 aromatic rings. The van der Waals surface area contributed by atoms with Crippen LogP contribution in [0, 0.1) is 17.3 Å². The average Bonchev–Trinajstić information content (AvgIpc) is 3.41. The van der Waals surface area contributed by atoms with Gasteiger partial charge in [-0.1, -0.05) is 39.8 Å². The highest BCUT2D eigenvalue weighted by atomic mass is 16.8. The minimum absolute atomic E-state index is 0.00879. The van der Waals surface area contributed by atoms with E-state index in [1.807, 2.05) is 26.0 Å². The number of ether oxygens (including phenoxy) is 2. The average molecular weight is 486 g/mol. The summed E-state index contributed by atoms with van der Waals surface area (Å²) in [6, 6.07) is 6.90. The molecule has 3 aliphatic carbocycles. The lowest BCUT2D eigenvalue weighted by molar-refractivity contribution is -0.205. The Balaban J connectivity index is 1.36. The minimum atomic E-state index is -0.720. The Morgan fingerprint density at radius 1 is 1.14 bits per heavy atom. The van der Waals surface area contributed by atoms with Crippen LogP contribution >= 0.6 is 0 Å². The van der Waals surface area contributed by atoms with E-state index in [-0.39, 0.29) is 27.9 Å². The number of ketones is 1. The summed E-state index contributed by atoms with van der Waals surface area (Å²) >= 11 is 0. The predicted octanol–water partition coefficient (Wildman–Crippen LogP) is 6.67. The zero-order valence-electron chi connectivity index (χ0n) is 22.6. The van der Waals surface area contributed by atoms with E-state index in [0.29, 0.717) is 5.92 Å². The first kappa shape index (κ1) is 23.0. The molecule has 6 unspecified atom stereocenters. The second-order valence-electron chi connectivity index (χ2n) is 13.8.